The van der Waals surface area contributed by atoms with Crippen molar-refractivity contribution in [3.63, 3.8) is 0 Å². The molecule has 0 saturated carbocycles. The summed E-state index contributed by atoms with van der Waals surface area (Å²) >= 11 is 3.30. The van der Waals surface area contributed by atoms with Crippen LogP contribution in [0.15, 0.2) is 24.3 Å². The van der Waals surface area contributed by atoms with Crippen molar-refractivity contribution < 1.29 is 9.53 Å². The summed E-state index contributed by atoms with van der Waals surface area (Å²) in [6.45, 7) is 4.22. The van der Waals surface area contributed by atoms with Crippen molar-refractivity contribution >= 4 is 21.9 Å². The highest BCUT2D eigenvalue weighted by atomic mass is 79.9. The smallest absolute Gasteiger partial charge is 0.324 e. The maximum absolute atomic E-state index is 11.4. The van der Waals surface area contributed by atoms with E-state index in [1.807, 2.05) is 31.2 Å². The lowest BCUT2D eigenvalue weighted by Crippen LogP contribution is -2.10. The van der Waals surface area contributed by atoms with Gasteiger partial charge in [-0.1, -0.05) is 45.8 Å². The highest BCUT2D eigenvalue weighted by Gasteiger charge is 2.17. The molecular formula is C11H13BrO2. The van der Waals surface area contributed by atoms with E-state index in [-0.39, 0.29) is 10.8 Å². The Kier molecular flexibility index (Phi) is 4.14. The second-order valence-corrected chi connectivity index (χ2v) is 3.94. The Morgan fingerprint density at radius 2 is 2.00 bits per heavy atom. The molecule has 0 fully saturated rings. The van der Waals surface area contributed by atoms with Crippen molar-refractivity contribution in [3.05, 3.63) is 35.4 Å². The molecule has 3 heteroatoms. The summed E-state index contributed by atoms with van der Waals surface area (Å²) in [4.78, 5) is 11.0. The van der Waals surface area contributed by atoms with Crippen molar-refractivity contribution in [2.24, 2.45) is 0 Å². The zero-order valence-electron chi connectivity index (χ0n) is 8.29. The summed E-state index contributed by atoms with van der Waals surface area (Å²) < 4.78 is 4.90. The fraction of sp³-hybridized carbons (Fsp3) is 0.364. The third kappa shape index (κ3) is 2.84. The Bertz CT molecular complexity index is 306. The van der Waals surface area contributed by atoms with Crippen LogP contribution in [0.4, 0.5) is 0 Å². The quantitative estimate of drug-likeness (QED) is 0.614. The Morgan fingerprint density at radius 1 is 1.43 bits per heavy atom. The van der Waals surface area contributed by atoms with Gasteiger partial charge in [0.25, 0.3) is 0 Å². The number of hydrogen-bond acceptors (Lipinski definition) is 2. The molecule has 1 aromatic carbocycles. The summed E-state index contributed by atoms with van der Waals surface area (Å²) in [5.41, 5.74) is 2.10. The number of ether oxygens (including phenoxy) is 1. The van der Waals surface area contributed by atoms with E-state index in [4.69, 9.17) is 4.74 Å². The van der Waals surface area contributed by atoms with Gasteiger partial charge in [-0.2, -0.15) is 0 Å². The van der Waals surface area contributed by atoms with E-state index < -0.39 is 0 Å². The zero-order chi connectivity index (χ0) is 10.6. The summed E-state index contributed by atoms with van der Waals surface area (Å²) in [7, 11) is 0. The molecule has 0 aromatic heterocycles. The molecule has 0 spiro atoms. The van der Waals surface area contributed by atoms with Gasteiger partial charge >= 0.3 is 5.97 Å². The minimum Gasteiger partial charge on any atom is -0.465 e. The molecule has 0 aliphatic rings. The molecule has 14 heavy (non-hydrogen) atoms. The average molecular weight is 257 g/mol. The number of benzene rings is 1. The molecule has 1 rings (SSSR count). The largest absolute Gasteiger partial charge is 0.465 e. The molecule has 76 valence electrons. The maximum atomic E-state index is 11.4. The van der Waals surface area contributed by atoms with Crippen LogP contribution in [0.5, 0.6) is 0 Å². The maximum Gasteiger partial charge on any atom is 0.324 e. The number of carbonyl (C=O) groups excluding carboxylic acids is 1. The normalized spacial score (nSPS) is 12.2. The first-order valence-electron chi connectivity index (χ1n) is 4.52. The predicted octanol–water partition coefficient (Wildman–Crippen LogP) is 2.99. The summed E-state index contributed by atoms with van der Waals surface area (Å²) in [5, 5.41) is 0. The van der Waals surface area contributed by atoms with Crippen LogP contribution in [0.25, 0.3) is 0 Å². The molecule has 0 bridgehead atoms. The topological polar surface area (TPSA) is 26.3 Å². The van der Waals surface area contributed by atoms with Crippen LogP contribution < -0.4 is 0 Å². The van der Waals surface area contributed by atoms with E-state index in [2.05, 4.69) is 15.9 Å². The van der Waals surface area contributed by atoms with Crippen LogP contribution in [0, 0.1) is 6.92 Å². The van der Waals surface area contributed by atoms with Crippen LogP contribution in [0.1, 0.15) is 22.9 Å². The predicted molar refractivity (Wildman–Crippen MR) is 59.5 cm³/mol. The number of alkyl halides is 1. The van der Waals surface area contributed by atoms with E-state index in [1.54, 1.807) is 6.92 Å². The number of esters is 1. The number of aryl methyl sites for hydroxylation is 1. The van der Waals surface area contributed by atoms with Crippen molar-refractivity contribution in [1.29, 1.82) is 0 Å². The highest BCUT2D eigenvalue weighted by molar-refractivity contribution is 9.09. The molecule has 1 aromatic rings. The van der Waals surface area contributed by atoms with Gasteiger partial charge in [0.15, 0.2) is 0 Å². The Hall–Kier alpha value is -0.830. The average Bonchev–Trinajstić information content (AvgIpc) is 2.18. The minimum atomic E-state index is -0.358. The van der Waals surface area contributed by atoms with Crippen molar-refractivity contribution in [1.82, 2.24) is 0 Å². The number of hydrogen-bond donors (Lipinski definition) is 0. The third-order valence-corrected chi connectivity index (χ3v) is 2.77. The number of halogens is 1. The molecule has 0 amide bonds. The Morgan fingerprint density at radius 3 is 2.50 bits per heavy atom. The monoisotopic (exact) mass is 256 g/mol. The standard InChI is InChI=1S/C11H13BrO2/c1-3-14-11(13)10(12)9-6-4-8(2)5-7-9/h4-7,10H,3H2,1-2H3. The lowest BCUT2D eigenvalue weighted by Gasteiger charge is -2.09. The van der Waals surface area contributed by atoms with Crippen LogP contribution in [0.3, 0.4) is 0 Å². The zero-order valence-corrected chi connectivity index (χ0v) is 9.87. The van der Waals surface area contributed by atoms with Crippen LogP contribution in [-0.4, -0.2) is 12.6 Å². The van der Waals surface area contributed by atoms with E-state index in [0.717, 1.165) is 5.56 Å². The molecule has 0 aliphatic carbocycles. The fourth-order valence-electron chi connectivity index (χ4n) is 1.09. The van der Waals surface area contributed by atoms with Crippen molar-refractivity contribution in [2.45, 2.75) is 18.7 Å². The molecule has 2 nitrogen and oxygen atoms in total. The van der Waals surface area contributed by atoms with Gasteiger partial charge < -0.3 is 4.74 Å². The van der Waals surface area contributed by atoms with Crippen molar-refractivity contribution in [3.8, 4) is 0 Å². The van der Waals surface area contributed by atoms with E-state index >= 15 is 0 Å². The minimum absolute atomic E-state index is 0.239. The first-order valence-corrected chi connectivity index (χ1v) is 5.44. The Balaban J connectivity index is 2.73. The summed E-state index contributed by atoms with van der Waals surface area (Å²) in [6, 6.07) is 7.79. The molecule has 0 N–H and O–H groups in total. The molecule has 0 heterocycles. The van der Waals surface area contributed by atoms with Gasteiger partial charge in [0, 0.05) is 0 Å². The second kappa shape index (κ2) is 5.15. The number of rotatable bonds is 3. The molecule has 1 atom stereocenters. The molecule has 0 radical (unpaired) electrons. The molecule has 0 saturated heterocycles. The second-order valence-electron chi connectivity index (χ2n) is 3.03. The van der Waals surface area contributed by atoms with E-state index in [9.17, 15) is 4.79 Å². The molecular weight excluding hydrogens is 244 g/mol. The highest BCUT2D eigenvalue weighted by Crippen LogP contribution is 2.24. The van der Waals surface area contributed by atoms with Crippen LogP contribution in [0.2, 0.25) is 0 Å². The number of carbonyl (C=O) groups is 1. The van der Waals surface area contributed by atoms with Crippen LogP contribution >= 0.6 is 15.9 Å². The summed E-state index contributed by atoms with van der Waals surface area (Å²) in [5.74, 6) is -0.239. The van der Waals surface area contributed by atoms with E-state index in [0.29, 0.717) is 6.61 Å². The third-order valence-electron chi connectivity index (χ3n) is 1.86. The van der Waals surface area contributed by atoms with Crippen LogP contribution in [-0.2, 0) is 9.53 Å². The SMILES string of the molecule is CCOC(=O)C(Br)c1ccc(C)cc1. The van der Waals surface area contributed by atoms with Gasteiger partial charge in [-0.3, -0.25) is 4.79 Å². The van der Waals surface area contributed by atoms with Gasteiger partial charge in [-0.15, -0.1) is 0 Å². The fourth-order valence-corrected chi connectivity index (χ4v) is 1.52. The summed E-state index contributed by atoms with van der Waals surface area (Å²) in [6.07, 6.45) is 0. The molecule has 0 aliphatic heterocycles. The van der Waals surface area contributed by atoms with Crippen molar-refractivity contribution in [2.75, 3.05) is 6.61 Å². The Labute approximate surface area is 92.4 Å². The van der Waals surface area contributed by atoms with Gasteiger partial charge in [-0.25, -0.2) is 0 Å². The first-order chi connectivity index (χ1) is 6.65. The van der Waals surface area contributed by atoms with Gasteiger partial charge in [0.05, 0.1) is 6.61 Å². The van der Waals surface area contributed by atoms with Gasteiger partial charge in [0.1, 0.15) is 4.83 Å². The lowest BCUT2D eigenvalue weighted by atomic mass is 10.1. The molecule has 1 unspecified atom stereocenters. The van der Waals surface area contributed by atoms with E-state index in [1.165, 1.54) is 5.56 Å². The van der Waals surface area contributed by atoms with Gasteiger partial charge in [-0.05, 0) is 19.4 Å². The lowest BCUT2D eigenvalue weighted by molar-refractivity contribution is -0.142. The first kappa shape index (κ1) is 11.2. The van der Waals surface area contributed by atoms with Gasteiger partial charge in [0.2, 0.25) is 0 Å².